The summed E-state index contributed by atoms with van der Waals surface area (Å²) in [7, 11) is 0. The molecular weight excluding hydrogens is 276 g/mol. The maximum Gasteiger partial charge on any atom is 0.241 e. The highest BCUT2D eigenvalue weighted by atomic mass is 35.5. The van der Waals surface area contributed by atoms with E-state index >= 15 is 0 Å². The predicted octanol–water partition coefficient (Wildman–Crippen LogP) is 2.94. The van der Waals surface area contributed by atoms with Gasteiger partial charge in [0.2, 0.25) is 5.91 Å². The number of para-hydroxylation sites is 1. The fraction of sp³-hybridized carbons (Fsp3) is 0.133. The Morgan fingerprint density at radius 3 is 2.85 bits per heavy atom. The summed E-state index contributed by atoms with van der Waals surface area (Å²) in [6, 6.07) is 12.8. The van der Waals surface area contributed by atoms with Crippen molar-refractivity contribution >= 4 is 23.2 Å². The first-order valence-electron chi connectivity index (χ1n) is 6.25. The third-order valence-electron chi connectivity index (χ3n) is 3.21. The fourth-order valence-corrected chi connectivity index (χ4v) is 2.39. The highest BCUT2D eigenvalue weighted by Crippen LogP contribution is 2.40. The summed E-state index contributed by atoms with van der Waals surface area (Å²) < 4.78 is 5.89. The number of ether oxygens (including phenoxy) is 1. The Bertz CT molecular complexity index is 673. The van der Waals surface area contributed by atoms with E-state index in [4.69, 9.17) is 22.1 Å². The van der Waals surface area contributed by atoms with Gasteiger partial charge < -0.3 is 15.4 Å². The molecule has 0 saturated carbocycles. The number of amides is 1. The SMILES string of the molecule is NCC(=O)N1Cc2ccccc2Oc2ccc(Cl)cc21. The smallest absolute Gasteiger partial charge is 0.241 e. The first kappa shape index (κ1) is 13.0. The fourth-order valence-electron chi connectivity index (χ4n) is 2.23. The molecule has 0 unspecified atom stereocenters. The Labute approximate surface area is 121 Å². The molecule has 2 aromatic carbocycles. The van der Waals surface area contributed by atoms with Crippen molar-refractivity contribution < 1.29 is 9.53 Å². The number of hydrogen-bond donors (Lipinski definition) is 1. The summed E-state index contributed by atoms with van der Waals surface area (Å²) in [4.78, 5) is 13.7. The Morgan fingerprint density at radius 1 is 1.25 bits per heavy atom. The van der Waals surface area contributed by atoms with Crippen LogP contribution in [0.3, 0.4) is 0 Å². The summed E-state index contributed by atoms with van der Waals surface area (Å²) in [5.41, 5.74) is 7.08. The molecule has 5 heteroatoms. The zero-order valence-electron chi connectivity index (χ0n) is 10.7. The lowest BCUT2D eigenvalue weighted by Gasteiger charge is -2.21. The van der Waals surface area contributed by atoms with Gasteiger partial charge in [-0.2, -0.15) is 0 Å². The predicted molar refractivity (Wildman–Crippen MR) is 78.2 cm³/mol. The van der Waals surface area contributed by atoms with Crippen LogP contribution in [0.5, 0.6) is 11.5 Å². The van der Waals surface area contributed by atoms with Gasteiger partial charge in [-0.3, -0.25) is 4.79 Å². The third-order valence-corrected chi connectivity index (χ3v) is 3.44. The molecule has 0 atom stereocenters. The number of hydrogen-bond acceptors (Lipinski definition) is 3. The van der Waals surface area contributed by atoms with Crippen LogP contribution in [-0.4, -0.2) is 12.5 Å². The van der Waals surface area contributed by atoms with Gasteiger partial charge in [0, 0.05) is 10.6 Å². The van der Waals surface area contributed by atoms with Crippen LogP contribution < -0.4 is 15.4 Å². The number of halogens is 1. The number of carbonyl (C=O) groups excluding carboxylic acids is 1. The van der Waals surface area contributed by atoms with E-state index in [1.54, 1.807) is 23.1 Å². The van der Waals surface area contributed by atoms with Crippen LogP contribution in [-0.2, 0) is 11.3 Å². The maximum atomic E-state index is 12.1. The first-order valence-corrected chi connectivity index (χ1v) is 6.62. The van der Waals surface area contributed by atoms with Gasteiger partial charge in [0.1, 0.15) is 5.75 Å². The molecule has 0 fully saturated rings. The van der Waals surface area contributed by atoms with Gasteiger partial charge in [-0.15, -0.1) is 0 Å². The quantitative estimate of drug-likeness (QED) is 0.878. The van der Waals surface area contributed by atoms with Gasteiger partial charge in [0.15, 0.2) is 5.75 Å². The van der Waals surface area contributed by atoms with Gasteiger partial charge >= 0.3 is 0 Å². The maximum absolute atomic E-state index is 12.1. The van der Waals surface area contributed by atoms with Crippen molar-refractivity contribution in [1.29, 1.82) is 0 Å². The molecular formula is C15H13ClN2O2. The average Bonchev–Trinajstić information content (AvgIpc) is 2.63. The number of nitrogens with two attached hydrogens (primary N) is 1. The van der Waals surface area contributed by atoms with Crippen molar-refractivity contribution in [2.75, 3.05) is 11.4 Å². The van der Waals surface area contributed by atoms with Crippen LogP contribution in [0.4, 0.5) is 5.69 Å². The second kappa shape index (κ2) is 5.15. The molecule has 3 rings (SSSR count). The Hall–Kier alpha value is -2.04. The average molecular weight is 289 g/mol. The summed E-state index contributed by atoms with van der Waals surface area (Å²) >= 11 is 6.03. The van der Waals surface area contributed by atoms with E-state index in [0.717, 1.165) is 11.3 Å². The molecule has 4 nitrogen and oxygen atoms in total. The standard InChI is InChI=1S/C15H13ClN2O2/c16-11-5-6-14-12(7-11)18(15(19)8-17)9-10-3-1-2-4-13(10)20-14/h1-7H,8-9,17H2. The van der Waals surface area contributed by atoms with Crippen molar-refractivity contribution in [3.8, 4) is 11.5 Å². The lowest BCUT2D eigenvalue weighted by Crippen LogP contribution is -2.35. The number of anilines is 1. The monoisotopic (exact) mass is 288 g/mol. The highest BCUT2D eigenvalue weighted by Gasteiger charge is 2.24. The minimum Gasteiger partial charge on any atom is -0.455 e. The van der Waals surface area contributed by atoms with Crippen molar-refractivity contribution in [3.63, 3.8) is 0 Å². The van der Waals surface area contributed by atoms with Crippen molar-refractivity contribution in [3.05, 3.63) is 53.1 Å². The minimum absolute atomic E-state index is 0.0614. The topological polar surface area (TPSA) is 55.6 Å². The Morgan fingerprint density at radius 2 is 2.05 bits per heavy atom. The largest absolute Gasteiger partial charge is 0.455 e. The normalized spacial score (nSPS) is 13.0. The van der Waals surface area contributed by atoms with E-state index in [0.29, 0.717) is 23.0 Å². The van der Waals surface area contributed by atoms with Gasteiger partial charge in [-0.25, -0.2) is 0 Å². The van der Waals surface area contributed by atoms with E-state index in [-0.39, 0.29) is 12.5 Å². The summed E-state index contributed by atoms with van der Waals surface area (Å²) in [5.74, 6) is 1.17. The van der Waals surface area contributed by atoms with E-state index in [1.165, 1.54) is 0 Å². The van der Waals surface area contributed by atoms with Crippen LogP contribution in [0.2, 0.25) is 5.02 Å². The zero-order chi connectivity index (χ0) is 14.1. The molecule has 0 aliphatic carbocycles. The van der Waals surface area contributed by atoms with Crippen LogP contribution >= 0.6 is 11.6 Å². The number of carbonyl (C=O) groups is 1. The first-order chi connectivity index (χ1) is 9.69. The van der Waals surface area contributed by atoms with E-state index in [2.05, 4.69) is 0 Å². The lowest BCUT2D eigenvalue weighted by atomic mass is 10.2. The molecule has 0 spiro atoms. The van der Waals surface area contributed by atoms with Gasteiger partial charge in [-0.05, 0) is 24.3 Å². The molecule has 0 bridgehead atoms. The molecule has 2 aromatic rings. The molecule has 0 saturated heterocycles. The van der Waals surface area contributed by atoms with Gasteiger partial charge in [-0.1, -0.05) is 29.8 Å². The zero-order valence-corrected chi connectivity index (χ0v) is 11.4. The van der Waals surface area contributed by atoms with Crippen molar-refractivity contribution in [2.24, 2.45) is 5.73 Å². The molecule has 2 N–H and O–H groups in total. The van der Waals surface area contributed by atoms with Crippen LogP contribution in [0.25, 0.3) is 0 Å². The molecule has 102 valence electrons. The van der Waals surface area contributed by atoms with Crippen LogP contribution in [0, 0.1) is 0 Å². The van der Waals surface area contributed by atoms with Crippen molar-refractivity contribution in [1.82, 2.24) is 0 Å². The summed E-state index contributed by atoms with van der Waals surface area (Å²) in [5, 5.41) is 0.549. The number of fused-ring (bicyclic) bond motifs is 2. The second-order valence-electron chi connectivity index (χ2n) is 4.51. The molecule has 20 heavy (non-hydrogen) atoms. The Kier molecular flexibility index (Phi) is 3.34. The lowest BCUT2D eigenvalue weighted by molar-refractivity contribution is -0.117. The second-order valence-corrected chi connectivity index (χ2v) is 4.94. The number of rotatable bonds is 1. The summed E-state index contributed by atoms with van der Waals surface area (Å²) in [6.45, 7) is 0.355. The molecule has 0 aromatic heterocycles. The van der Waals surface area contributed by atoms with Gasteiger partial charge in [0.25, 0.3) is 0 Å². The van der Waals surface area contributed by atoms with E-state index in [9.17, 15) is 4.79 Å². The van der Waals surface area contributed by atoms with E-state index in [1.807, 2.05) is 24.3 Å². The molecule has 1 heterocycles. The van der Waals surface area contributed by atoms with Crippen LogP contribution in [0.1, 0.15) is 5.56 Å². The van der Waals surface area contributed by atoms with Crippen molar-refractivity contribution in [2.45, 2.75) is 6.54 Å². The van der Waals surface area contributed by atoms with E-state index < -0.39 is 0 Å². The Balaban J connectivity index is 2.16. The van der Waals surface area contributed by atoms with Gasteiger partial charge in [0.05, 0.1) is 18.8 Å². The molecule has 1 aliphatic heterocycles. The number of benzene rings is 2. The minimum atomic E-state index is -0.172. The molecule has 1 aliphatic rings. The molecule has 1 amide bonds. The molecule has 0 radical (unpaired) electrons. The summed E-state index contributed by atoms with van der Waals surface area (Å²) in [6.07, 6.45) is 0. The number of nitrogens with zero attached hydrogens (tertiary/aromatic N) is 1. The van der Waals surface area contributed by atoms with Crippen LogP contribution in [0.15, 0.2) is 42.5 Å². The third kappa shape index (κ3) is 2.24. The highest BCUT2D eigenvalue weighted by molar-refractivity contribution is 6.31.